The molecule has 0 bridgehead atoms. The second-order valence-corrected chi connectivity index (χ2v) is 4.81. The fourth-order valence-corrected chi connectivity index (χ4v) is 2.10. The van der Waals surface area contributed by atoms with Gasteiger partial charge in [0.25, 0.3) is 0 Å². The molecule has 0 aliphatic heterocycles. The van der Waals surface area contributed by atoms with Crippen LogP contribution in [0.4, 0.5) is 0 Å². The monoisotopic (exact) mass is 195 g/mol. The van der Waals surface area contributed by atoms with Crippen LogP contribution in [-0.2, 0) is 5.54 Å². The summed E-state index contributed by atoms with van der Waals surface area (Å²) >= 11 is 0. The Balaban J connectivity index is 3.33. The van der Waals surface area contributed by atoms with E-state index in [0.29, 0.717) is 6.04 Å². The predicted molar refractivity (Wildman–Crippen MR) is 59.3 cm³/mol. The Kier molecular flexibility index (Phi) is 2.72. The molecule has 1 heterocycles. The van der Waals surface area contributed by atoms with Gasteiger partial charge in [0.05, 0.1) is 5.69 Å². The third kappa shape index (κ3) is 1.82. The summed E-state index contributed by atoms with van der Waals surface area (Å²) in [6.07, 6.45) is 0. The highest BCUT2D eigenvalue weighted by molar-refractivity contribution is 5.31. The minimum absolute atomic E-state index is 0.304. The molecule has 1 aromatic heterocycles. The van der Waals surface area contributed by atoms with Crippen molar-refractivity contribution in [3.8, 4) is 0 Å². The van der Waals surface area contributed by atoms with Crippen LogP contribution >= 0.6 is 0 Å². The van der Waals surface area contributed by atoms with Gasteiger partial charge in [0.15, 0.2) is 0 Å². The van der Waals surface area contributed by atoms with Crippen molar-refractivity contribution in [2.24, 2.45) is 5.73 Å². The maximum Gasteiger partial charge on any atom is 0.0647 e. The topological polar surface area (TPSA) is 43.8 Å². The van der Waals surface area contributed by atoms with Crippen LogP contribution in [0, 0.1) is 13.8 Å². The first kappa shape index (κ1) is 11.2. The van der Waals surface area contributed by atoms with Crippen molar-refractivity contribution in [2.75, 3.05) is 0 Å². The molecule has 3 heteroatoms. The number of aryl methyl sites for hydroxylation is 1. The number of aromatic nitrogens is 2. The van der Waals surface area contributed by atoms with Crippen LogP contribution in [-0.4, -0.2) is 9.78 Å². The molecule has 0 spiro atoms. The van der Waals surface area contributed by atoms with Gasteiger partial charge in [-0.1, -0.05) is 0 Å². The Morgan fingerprint density at radius 1 is 1.29 bits per heavy atom. The maximum atomic E-state index is 6.12. The summed E-state index contributed by atoms with van der Waals surface area (Å²) in [6.45, 7) is 12.4. The summed E-state index contributed by atoms with van der Waals surface area (Å²) in [6, 6.07) is 0.393. The van der Waals surface area contributed by atoms with Gasteiger partial charge >= 0.3 is 0 Å². The molecule has 0 amide bonds. The first-order valence-corrected chi connectivity index (χ1v) is 5.10. The Bertz CT molecular complexity index is 329. The van der Waals surface area contributed by atoms with Gasteiger partial charge in [-0.3, -0.25) is 4.68 Å². The van der Waals surface area contributed by atoms with Crippen LogP contribution in [0.2, 0.25) is 0 Å². The first-order valence-electron chi connectivity index (χ1n) is 5.10. The summed E-state index contributed by atoms with van der Waals surface area (Å²) in [7, 11) is 0. The molecule has 0 aromatic carbocycles. The minimum Gasteiger partial charge on any atom is -0.322 e. The molecule has 0 aliphatic rings. The van der Waals surface area contributed by atoms with Crippen molar-refractivity contribution in [3.63, 3.8) is 0 Å². The van der Waals surface area contributed by atoms with Crippen LogP contribution < -0.4 is 5.73 Å². The lowest BCUT2D eigenvalue weighted by molar-refractivity contribution is 0.507. The van der Waals surface area contributed by atoms with Crippen LogP contribution in [0.15, 0.2) is 0 Å². The summed E-state index contributed by atoms with van der Waals surface area (Å²) in [5.74, 6) is 0. The van der Waals surface area contributed by atoms with E-state index in [1.165, 1.54) is 11.3 Å². The molecule has 0 saturated heterocycles. The average molecular weight is 195 g/mol. The molecule has 0 atom stereocenters. The highest BCUT2D eigenvalue weighted by Crippen LogP contribution is 2.26. The number of rotatable bonds is 2. The van der Waals surface area contributed by atoms with Crippen molar-refractivity contribution >= 4 is 0 Å². The largest absolute Gasteiger partial charge is 0.322 e. The fourth-order valence-electron chi connectivity index (χ4n) is 2.10. The molecule has 0 fully saturated rings. The standard InChI is InChI=1S/C11H21N3/c1-7(2)14-9(4)10(8(3)13-14)11(5,6)12/h7H,12H2,1-6H3. The van der Waals surface area contributed by atoms with Gasteiger partial charge in [-0.15, -0.1) is 0 Å². The van der Waals surface area contributed by atoms with Gasteiger partial charge in [-0.25, -0.2) is 0 Å². The fraction of sp³-hybridized carbons (Fsp3) is 0.727. The second kappa shape index (κ2) is 3.39. The van der Waals surface area contributed by atoms with Gasteiger partial charge < -0.3 is 5.73 Å². The zero-order valence-electron chi connectivity index (χ0n) is 10.0. The van der Waals surface area contributed by atoms with E-state index in [2.05, 4.69) is 25.9 Å². The Morgan fingerprint density at radius 3 is 2.00 bits per heavy atom. The zero-order valence-corrected chi connectivity index (χ0v) is 10.0. The average Bonchev–Trinajstić information content (AvgIpc) is 2.24. The lowest BCUT2D eigenvalue weighted by Crippen LogP contribution is -2.30. The highest BCUT2D eigenvalue weighted by Gasteiger charge is 2.24. The zero-order chi connectivity index (χ0) is 11.1. The Morgan fingerprint density at radius 2 is 1.79 bits per heavy atom. The van der Waals surface area contributed by atoms with E-state index in [-0.39, 0.29) is 5.54 Å². The van der Waals surface area contributed by atoms with E-state index in [9.17, 15) is 0 Å². The molecular formula is C11H21N3. The van der Waals surface area contributed by atoms with Gasteiger partial charge in [0, 0.05) is 22.8 Å². The summed E-state index contributed by atoms with van der Waals surface area (Å²) in [5.41, 5.74) is 9.22. The lowest BCUT2D eigenvalue weighted by atomic mass is 9.94. The second-order valence-electron chi connectivity index (χ2n) is 4.81. The molecular weight excluding hydrogens is 174 g/mol. The van der Waals surface area contributed by atoms with E-state index < -0.39 is 0 Å². The van der Waals surface area contributed by atoms with Crippen molar-refractivity contribution < 1.29 is 0 Å². The molecule has 1 aromatic rings. The van der Waals surface area contributed by atoms with Gasteiger partial charge in [0.1, 0.15) is 0 Å². The van der Waals surface area contributed by atoms with Crippen molar-refractivity contribution in [1.29, 1.82) is 0 Å². The van der Waals surface area contributed by atoms with Crippen LogP contribution in [0.25, 0.3) is 0 Å². The minimum atomic E-state index is -0.304. The molecule has 0 unspecified atom stereocenters. The van der Waals surface area contributed by atoms with Gasteiger partial charge in [-0.05, 0) is 41.5 Å². The van der Waals surface area contributed by atoms with E-state index in [4.69, 9.17) is 5.73 Å². The van der Waals surface area contributed by atoms with E-state index in [1.54, 1.807) is 0 Å². The summed E-state index contributed by atoms with van der Waals surface area (Å²) in [5, 5.41) is 4.51. The smallest absolute Gasteiger partial charge is 0.0647 e. The molecule has 80 valence electrons. The van der Waals surface area contributed by atoms with Crippen molar-refractivity contribution in [3.05, 3.63) is 17.0 Å². The Hall–Kier alpha value is -0.830. The summed E-state index contributed by atoms with van der Waals surface area (Å²) < 4.78 is 2.04. The van der Waals surface area contributed by atoms with E-state index in [1.807, 2.05) is 25.5 Å². The van der Waals surface area contributed by atoms with Crippen LogP contribution in [0.5, 0.6) is 0 Å². The molecule has 3 nitrogen and oxygen atoms in total. The third-order valence-electron chi connectivity index (χ3n) is 2.46. The van der Waals surface area contributed by atoms with E-state index >= 15 is 0 Å². The van der Waals surface area contributed by atoms with Crippen LogP contribution in [0.1, 0.15) is 50.7 Å². The van der Waals surface area contributed by atoms with Gasteiger partial charge in [0.2, 0.25) is 0 Å². The Labute approximate surface area is 86.3 Å². The number of hydrogen-bond acceptors (Lipinski definition) is 2. The number of nitrogens with two attached hydrogens (primary N) is 1. The lowest BCUT2D eigenvalue weighted by Gasteiger charge is -2.20. The molecule has 2 N–H and O–H groups in total. The van der Waals surface area contributed by atoms with Crippen LogP contribution in [0.3, 0.4) is 0 Å². The molecule has 14 heavy (non-hydrogen) atoms. The SMILES string of the molecule is Cc1nn(C(C)C)c(C)c1C(C)(C)N. The molecule has 0 radical (unpaired) electrons. The van der Waals surface area contributed by atoms with Gasteiger partial charge in [-0.2, -0.15) is 5.10 Å². The van der Waals surface area contributed by atoms with Crippen molar-refractivity contribution in [1.82, 2.24) is 9.78 Å². The van der Waals surface area contributed by atoms with E-state index in [0.717, 1.165) is 5.69 Å². The number of nitrogens with zero attached hydrogens (tertiary/aromatic N) is 2. The molecule has 1 rings (SSSR count). The molecule has 0 aliphatic carbocycles. The summed E-state index contributed by atoms with van der Waals surface area (Å²) in [4.78, 5) is 0. The predicted octanol–water partition coefficient (Wildman–Crippen LogP) is 2.27. The first-order chi connectivity index (χ1) is 6.25. The van der Waals surface area contributed by atoms with Crippen molar-refractivity contribution in [2.45, 2.75) is 53.1 Å². The normalized spacial score (nSPS) is 12.6. The highest BCUT2D eigenvalue weighted by atomic mass is 15.3. The maximum absolute atomic E-state index is 6.12. The molecule has 0 saturated carbocycles. The number of hydrogen-bond donors (Lipinski definition) is 1. The quantitative estimate of drug-likeness (QED) is 0.786. The third-order valence-corrected chi connectivity index (χ3v) is 2.46.